The third-order valence-corrected chi connectivity index (χ3v) is 3.78. The highest BCUT2D eigenvalue weighted by Crippen LogP contribution is 2.34. The highest BCUT2D eigenvalue weighted by atomic mass is 19.4. The van der Waals surface area contributed by atoms with Crippen molar-refractivity contribution in [3.8, 4) is 0 Å². The van der Waals surface area contributed by atoms with Gasteiger partial charge in [-0.05, 0) is 18.6 Å². The first-order valence-electron chi connectivity index (χ1n) is 7.79. The Bertz CT molecular complexity index is 846. The number of anilines is 1. The molecule has 0 bridgehead atoms. The van der Waals surface area contributed by atoms with E-state index in [2.05, 4.69) is 10.4 Å². The van der Waals surface area contributed by atoms with Crippen LogP contribution in [0.2, 0.25) is 0 Å². The van der Waals surface area contributed by atoms with Crippen molar-refractivity contribution in [3.63, 3.8) is 0 Å². The number of hydrogen-bond acceptors (Lipinski definition) is 4. The normalized spacial score (nSPS) is 12.5. The number of hydrogen-bond donors (Lipinski definition) is 1. The van der Waals surface area contributed by atoms with E-state index in [1.807, 2.05) is 0 Å². The first kappa shape index (κ1) is 19.5. The Morgan fingerprint density at radius 3 is 2.54 bits per heavy atom. The van der Waals surface area contributed by atoms with Crippen molar-refractivity contribution in [1.82, 2.24) is 15.1 Å². The minimum absolute atomic E-state index is 0.0448. The molecule has 0 spiro atoms. The summed E-state index contributed by atoms with van der Waals surface area (Å²) in [5, 5.41) is 6.37. The zero-order valence-corrected chi connectivity index (χ0v) is 14.5. The van der Waals surface area contributed by atoms with Crippen LogP contribution in [-0.4, -0.2) is 29.8 Å². The first-order valence-corrected chi connectivity index (χ1v) is 7.79. The molecule has 0 saturated carbocycles. The minimum Gasteiger partial charge on any atom is -0.376 e. The molecule has 0 aliphatic heterocycles. The predicted molar refractivity (Wildman–Crippen MR) is 90.8 cm³/mol. The van der Waals surface area contributed by atoms with Crippen LogP contribution < -0.4 is 15.8 Å². The highest BCUT2D eigenvalue weighted by molar-refractivity contribution is 5.76. The van der Waals surface area contributed by atoms with Gasteiger partial charge in [0.2, 0.25) is 5.91 Å². The maximum absolute atomic E-state index is 13.1. The molecule has 1 heterocycles. The molecule has 0 fully saturated rings. The van der Waals surface area contributed by atoms with Gasteiger partial charge in [-0.2, -0.15) is 18.3 Å². The van der Waals surface area contributed by atoms with Gasteiger partial charge in [-0.1, -0.05) is 18.2 Å². The lowest BCUT2D eigenvalue weighted by molar-refractivity contribution is -0.138. The average molecular weight is 368 g/mol. The lowest BCUT2D eigenvalue weighted by Crippen LogP contribution is -2.35. The molecule has 1 N–H and O–H groups in total. The molecule has 26 heavy (non-hydrogen) atoms. The van der Waals surface area contributed by atoms with E-state index in [0.29, 0.717) is 5.69 Å². The van der Waals surface area contributed by atoms with Crippen LogP contribution in [0.25, 0.3) is 0 Å². The van der Waals surface area contributed by atoms with Crippen LogP contribution >= 0.6 is 0 Å². The second-order valence-electron chi connectivity index (χ2n) is 5.98. The van der Waals surface area contributed by atoms with E-state index in [1.54, 1.807) is 19.0 Å². The number of carbonyl (C=O) groups is 1. The molecule has 140 valence electrons. The fourth-order valence-corrected chi connectivity index (χ4v) is 2.42. The summed E-state index contributed by atoms with van der Waals surface area (Å²) in [6.07, 6.45) is -3.09. The van der Waals surface area contributed by atoms with E-state index < -0.39 is 29.2 Å². The molecule has 0 radical (unpaired) electrons. The second kappa shape index (κ2) is 7.59. The van der Waals surface area contributed by atoms with Gasteiger partial charge in [0.15, 0.2) is 0 Å². The Morgan fingerprint density at radius 1 is 1.31 bits per heavy atom. The number of alkyl halides is 3. The van der Waals surface area contributed by atoms with Gasteiger partial charge in [-0.15, -0.1) is 0 Å². The quantitative estimate of drug-likeness (QED) is 0.879. The van der Waals surface area contributed by atoms with E-state index in [4.69, 9.17) is 0 Å². The molecule has 1 aromatic heterocycles. The van der Waals surface area contributed by atoms with Crippen LogP contribution in [-0.2, 0) is 17.5 Å². The van der Waals surface area contributed by atoms with Gasteiger partial charge in [0.1, 0.15) is 6.54 Å². The van der Waals surface area contributed by atoms with E-state index in [9.17, 15) is 22.8 Å². The lowest BCUT2D eigenvalue weighted by Gasteiger charge is -2.19. The molecule has 1 aromatic carbocycles. The monoisotopic (exact) mass is 368 g/mol. The number of halogens is 3. The largest absolute Gasteiger partial charge is 0.416 e. The van der Waals surface area contributed by atoms with Gasteiger partial charge < -0.3 is 10.2 Å². The van der Waals surface area contributed by atoms with Gasteiger partial charge in [0.25, 0.3) is 5.56 Å². The molecule has 2 rings (SSSR count). The summed E-state index contributed by atoms with van der Waals surface area (Å²) < 4.78 is 40.2. The summed E-state index contributed by atoms with van der Waals surface area (Å²) in [4.78, 5) is 25.8. The van der Waals surface area contributed by atoms with Crippen LogP contribution in [0.15, 0.2) is 41.3 Å². The summed E-state index contributed by atoms with van der Waals surface area (Å²) in [6.45, 7) is 1.07. The zero-order chi connectivity index (χ0) is 19.5. The van der Waals surface area contributed by atoms with Gasteiger partial charge in [0.05, 0.1) is 23.5 Å². The number of rotatable bonds is 5. The number of benzene rings is 1. The van der Waals surface area contributed by atoms with Crippen molar-refractivity contribution in [1.29, 1.82) is 0 Å². The molecule has 0 aliphatic carbocycles. The number of aromatic nitrogens is 2. The van der Waals surface area contributed by atoms with Crippen LogP contribution in [0.1, 0.15) is 24.1 Å². The molecule has 0 saturated heterocycles. The van der Waals surface area contributed by atoms with Gasteiger partial charge in [0, 0.05) is 20.2 Å². The summed E-state index contributed by atoms with van der Waals surface area (Å²) in [7, 11) is 3.49. The van der Waals surface area contributed by atoms with Crippen molar-refractivity contribution < 1.29 is 18.0 Å². The summed E-state index contributed by atoms with van der Waals surface area (Å²) in [6, 6.07) is 5.48. The van der Waals surface area contributed by atoms with Crippen LogP contribution in [0.4, 0.5) is 18.9 Å². The minimum atomic E-state index is -4.52. The van der Waals surface area contributed by atoms with E-state index >= 15 is 0 Å². The predicted octanol–water partition coefficient (Wildman–Crippen LogP) is 2.21. The van der Waals surface area contributed by atoms with Gasteiger partial charge >= 0.3 is 6.18 Å². The fourth-order valence-electron chi connectivity index (χ4n) is 2.42. The van der Waals surface area contributed by atoms with Gasteiger partial charge in [-0.25, -0.2) is 4.68 Å². The third-order valence-electron chi connectivity index (χ3n) is 3.78. The van der Waals surface area contributed by atoms with Crippen molar-refractivity contribution in [2.45, 2.75) is 25.7 Å². The maximum atomic E-state index is 13.1. The standard InChI is InChI=1S/C17H19F3N4O2/c1-11(13-6-4-5-7-14(13)17(18,19)20)22-15(25)10-24-16(26)8-12(9-21-24)23(2)3/h4-9,11H,10H2,1-3H3,(H,22,25)/t11-/m0/s1. The molecule has 0 unspecified atom stereocenters. The molecule has 2 aromatic rings. The van der Waals surface area contributed by atoms with Crippen molar-refractivity contribution >= 4 is 11.6 Å². The van der Waals surface area contributed by atoms with E-state index in [-0.39, 0.29) is 12.1 Å². The molecular formula is C17H19F3N4O2. The van der Waals surface area contributed by atoms with Gasteiger partial charge in [-0.3, -0.25) is 9.59 Å². The average Bonchev–Trinajstić information content (AvgIpc) is 2.55. The second-order valence-corrected chi connectivity index (χ2v) is 5.98. The smallest absolute Gasteiger partial charge is 0.376 e. The Morgan fingerprint density at radius 2 is 1.96 bits per heavy atom. The Hall–Kier alpha value is -2.84. The summed E-state index contributed by atoms with van der Waals surface area (Å²) in [5.41, 5.74) is -0.746. The number of nitrogens with zero attached hydrogens (tertiary/aromatic N) is 3. The Kier molecular flexibility index (Phi) is 5.69. The molecule has 1 amide bonds. The van der Waals surface area contributed by atoms with E-state index in [1.165, 1.54) is 37.4 Å². The third kappa shape index (κ3) is 4.62. The zero-order valence-electron chi connectivity index (χ0n) is 14.5. The molecule has 1 atom stereocenters. The number of amides is 1. The van der Waals surface area contributed by atoms with Crippen molar-refractivity contribution in [3.05, 3.63) is 58.0 Å². The van der Waals surface area contributed by atoms with Crippen LogP contribution in [0, 0.1) is 0 Å². The molecular weight excluding hydrogens is 349 g/mol. The van der Waals surface area contributed by atoms with E-state index in [0.717, 1.165) is 10.7 Å². The Balaban J connectivity index is 2.13. The number of nitrogens with one attached hydrogen (secondary N) is 1. The highest BCUT2D eigenvalue weighted by Gasteiger charge is 2.34. The first-order chi connectivity index (χ1) is 12.1. The fraction of sp³-hybridized carbons (Fsp3) is 0.353. The number of carbonyl (C=O) groups excluding carboxylic acids is 1. The summed E-state index contributed by atoms with van der Waals surface area (Å²) >= 11 is 0. The maximum Gasteiger partial charge on any atom is 0.416 e. The SMILES string of the molecule is C[C@H](NC(=O)Cn1ncc(N(C)C)cc1=O)c1ccccc1C(F)(F)F. The van der Waals surface area contributed by atoms with Crippen molar-refractivity contribution in [2.24, 2.45) is 0 Å². The lowest BCUT2D eigenvalue weighted by atomic mass is 10.0. The molecule has 6 nitrogen and oxygen atoms in total. The topological polar surface area (TPSA) is 67.2 Å². The molecule has 9 heteroatoms. The van der Waals surface area contributed by atoms with Crippen LogP contribution in [0.3, 0.4) is 0 Å². The van der Waals surface area contributed by atoms with Crippen molar-refractivity contribution in [2.75, 3.05) is 19.0 Å². The molecule has 0 aliphatic rings. The Labute approximate surface area is 148 Å². The van der Waals surface area contributed by atoms with Crippen LogP contribution in [0.5, 0.6) is 0 Å². The summed E-state index contributed by atoms with van der Waals surface area (Å²) in [5.74, 6) is -0.610.